The SMILES string of the molecule is O=S=O.c1ccc2ncccc2c1. The fourth-order valence-corrected chi connectivity index (χ4v) is 1.02. The first-order valence-electron chi connectivity index (χ1n) is 3.60. The standard InChI is InChI=1S/C9H7N.O2S/c1-2-6-9-8(4-1)5-3-7-10-9;1-3-2/h1-7H;. The number of pyridine rings is 1. The molecule has 0 saturated heterocycles. The van der Waals surface area contributed by atoms with Crippen LogP contribution in [0.25, 0.3) is 10.9 Å². The smallest absolute Gasteiger partial charge is 0.256 e. The van der Waals surface area contributed by atoms with Crippen molar-refractivity contribution in [3.8, 4) is 0 Å². The molecule has 1 heterocycles. The van der Waals surface area contributed by atoms with Crippen LogP contribution < -0.4 is 0 Å². The van der Waals surface area contributed by atoms with E-state index in [1.165, 1.54) is 5.39 Å². The molecular formula is C9H7NO2S. The first kappa shape index (κ1) is 9.54. The van der Waals surface area contributed by atoms with Crippen LogP contribution in [0.1, 0.15) is 0 Å². The van der Waals surface area contributed by atoms with Gasteiger partial charge in [0, 0.05) is 11.6 Å². The fraction of sp³-hybridized carbons (Fsp3) is 0. The van der Waals surface area contributed by atoms with E-state index in [1.54, 1.807) is 0 Å². The Morgan fingerprint density at radius 1 is 1.00 bits per heavy atom. The molecule has 0 atom stereocenters. The van der Waals surface area contributed by atoms with Crippen LogP contribution in [0.2, 0.25) is 0 Å². The van der Waals surface area contributed by atoms with Crippen LogP contribution in [-0.4, -0.2) is 13.4 Å². The van der Waals surface area contributed by atoms with E-state index < -0.39 is 11.6 Å². The Kier molecular flexibility index (Phi) is 3.78. The molecule has 13 heavy (non-hydrogen) atoms. The van der Waals surface area contributed by atoms with Gasteiger partial charge in [-0.2, -0.15) is 8.42 Å². The second-order valence-corrected chi connectivity index (χ2v) is 2.40. The third-order valence-corrected chi connectivity index (χ3v) is 1.51. The van der Waals surface area contributed by atoms with E-state index >= 15 is 0 Å². The van der Waals surface area contributed by atoms with Crippen molar-refractivity contribution in [3.05, 3.63) is 42.6 Å². The third-order valence-electron chi connectivity index (χ3n) is 1.51. The molecule has 0 radical (unpaired) electrons. The van der Waals surface area contributed by atoms with Crippen LogP contribution in [0, 0.1) is 0 Å². The molecule has 2 aromatic rings. The molecule has 0 spiro atoms. The van der Waals surface area contributed by atoms with Gasteiger partial charge in [0.25, 0.3) is 0 Å². The third kappa shape index (κ3) is 2.76. The Morgan fingerprint density at radius 2 is 1.62 bits per heavy atom. The molecule has 0 aliphatic carbocycles. The number of benzene rings is 1. The largest absolute Gasteiger partial charge is 0.335 e. The van der Waals surface area contributed by atoms with E-state index in [4.69, 9.17) is 8.42 Å². The van der Waals surface area contributed by atoms with Gasteiger partial charge in [0.1, 0.15) is 0 Å². The summed E-state index contributed by atoms with van der Waals surface area (Å²) >= 11 is -0.750. The van der Waals surface area contributed by atoms with Crippen LogP contribution in [0.15, 0.2) is 42.6 Å². The summed E-state index contributed by atoms with van der Waals surface area (Å²) in [6.07, 6.45) is 1.81. The van der Waals surface area contributed by atoms with E-state index in [-0.39, 0.29) is 0 Å². The first-order valence-corrected chi connectivity index (χ1v) is 4.26. The monoisotopic (exact) mass is 193 g/mol. The molecule has 2 rings (SSSR count). The maximum atomic E-state index is 8.29. The second-order valence-electron chi connectivity index (χ2n) is 2.26. The van der Waals surface area contributed by atoms with Gasteiger partial charge >= 0.3 is 11.6 Å². The Hall–Kier alpha value is -1.55. The van der Waals surface area contributed by atoms with Gasteiger partial charge < -0.3 is 0 Å². The van der Waals surface area contributed by atoms with Gasteiger partial charge in [-0.25, -0.2) is 0 Å². The molecule has 1 aromatic heterocycles. The molecule has 0 bridgehead atoms. The summed E-state index contributed by atoms with van der Waals surface area (Å²) in [5.74, 6) is 0. The van der Waals surface area contributed by atoms with E-state index in [1.807, 2.05) is 30.5 Å². The topological polar surface area (TPSA) is 47.0 Å². The molecule has 3 nitrogen and oxygen atoms in total. The highest BCUT2D eigenvalue weighted by molar-refractivity contribution is 7.51. The lowest BCUT2D eigenvalue weighted by Crippen LogP contribution is -1.73. The zero-order valence-electron chi connectivity index (χ0n) is 6.71. The highest BCUT2D eigenvalue weighted by Gasteiger charge is 1.86. The van der Waals surface area contributed by atoms with Crippen molar-refractivity contribution in [1.82, 2.24) is 4.98 Å². The van der Waals surface area contributed by atoms with Gasteiger partial charge in [-0.3, -0.25) is 4.98 Å². The van der Waals surface area contributed by atoms with Crippen molar-refractivity contribution in [1.29, 1.82) is 0 Å². The number of hydrogen-bond acceptors (Lipinski definition) is 3. The number of aromatic nitrogens is 1. The van der Waals surface area contributed by atoms with Gasteiger partial charge in [-0.15, -0.1) is 0 Å². The van der Waals surface area contributed by atoms with Gasteiger partial charge in [-0.1, -0.05) is 24.3 Å². The maximum Gasteiger partial charge on any atom is 0.335 e. The molecule has 4 heteroatoms. The summed E-state index contributed by atoms with van der Waals surface area (Å²) in [7, 11) is 0. The zero-order valence-corrected chi connectivity index (χ0v) is 7.53. The summed E-state index contributed by atoms with van der Waals surface area (Å²) in [6.45, 7) is 0. The minimum atomic E-state index is -0.750. The normalized spacial score (nSPS) is 8.62. The molecule has 0 unspecified atom stereocenters. The molecule has 0 saturated carbocycles. The van der Waals surface area contributed by atoms with E-state index in [0.29, 0.717) is 0 Å². The lowest BCUT2D eigenvalue weighted by molar-refractivity contribution is 0.630. The van der Waals surface area contributed by atoms with Crippen LogP contribution >= 0.6 is 0 Å². The highest BCUT2D eigenvalue weighted by Crippen LogP contribution is 2.07. The average Bonchev–Trinajstić information content (AvgIpc) is 2.19. The lowest BCUT2D eigenvalue weighted by atomic mass is 10.2. The number of hydrogen-bond donors (Lipinski definition) is 0. The minimum absolute atomic E-state index is 0.750. The predicted octanol–water partition coefficient (Wildman–Crippen LogP) is 1.56. The average molecular weight is 193 g/mol. The number of para-hydroxylation sites is 1. The molecule has 0 aliphatic rings. The second kappa shape index (κ2) is 5.16. The molecule has 66 valence electrons. The zero-order chi connectivity index (χ0) is 9.52. The molecule has 0 N–H and O–H groups in total. The van der Waals surface area contributed by atoms with Crippen molar-refractivity contribution in [2.24, 2.45) is 0 Å². The fourth-order valence-electron chi connectivity index (χ4n) is 1.02. The Bertz CT molecular complexity index is 359. The number of rotatable bonds is 0. The Balaban J connectivity index is 0.000000251. The highest BCUT2D eigenvalue weighted by atomic mass is 32.1. The van der Waals surface area contributed by atoms with E-state index in [9.17, 15) is 0 Å². The summed E-state index contributed by atoms with van der Waals surface area (Å²) < 4.78 is 16.6. The molecule has 0 amide bonds. The van der Waals surface area contributed by atoms with Crippen LogP contribution in [0.3, 0.4) is 0 Å². The molecular weight excluding hydrogens is 186 g/mol. The van der Waals surface area contributed by atoms with Crippen molar-refractivity contribution in [3.63, 3.8) is 0 Å². The van der Waals surface area contributed by atoms with Crippen LogP contribution in [0.4, 0.5) is 0 Å². The van der Waals surface area contributed by atoms with Gasteiger partial charge in [-0.05, 0) is 12.1 Å². The minimum Gasteiger partial charge on any atom is -0.256 e. The summed E-state index contributed by atoms with van der Waals surface area (Å²) in [4.78, 5) is 4.18. The Morgan fingerprint density at radius 3 is 2.31 bits per heavy atom. The van der Waals surface area contributed by atoms with Crippen molar-refractivity contribution >= 4 is 22.5 Å². The quantitative estimate of drug-likeness (QED) is 0.638. The van der Waals surface area contributed by atoms with Gasteiger partial charge in [0.2, 0.25) is 0 Å². The van der Waals surface area contributed by atoms with Crippen LogP contribution in [0.5, 0.6) is 0 Å². The van der Waals surface area contributed by atoms with Crippen molar-refractivity contribution in [2.75, 3.05) is 0 Å². The van der Waals surface area contributed by atoms with Crippen molar-refractivity contribution < 1.29 is 8.42 Å². The van der Waals surface area contributed by atoms with Crippen molar-refractivity contribution in [2.45, 2.75) is 0 Å². The van der Waals surface area contributed by atoms with Crippen LogP contribution in [-0.2, 0) is 11.6 Å². The Labute approximate surface area is 79.0 Å². The molecule has 1 aromatic carbocycles. The maximum absolute atomic E-state index is 8.29. The molecule has 0 aliphatic heterocycles. The lowest BCUT2D eigenvalue weighted by Gasteiger charge is -1.91. The van der Waals surface area contributed by atoms with E-state index in [2.05, 4.69) is 17.1 Å². The van der Waals surface area contributed by atoms with Gasteiger partial charge in [0.05, 0.1) is 5.52 Å². The van der Waals surface area contributed by atoms with Gasteiger partial charge in [0.15, 0.2) is 0 Å². The summed E-state index contributed by atoms with van der Waals surface area (Å²) in [6, 6.07) is 12.1. The summed E-state index contributed by atoms with van der Waals surface area (Å²) in [5, 5.41) is 1.20. The first-order chi connectivity index (χ1) is 6.38. The summed E-state index contributed by atoms with van der Waals surface area (Å²) in [5.41, 5.74) is 1.06. The molecule has 0 fully saturated rings. The number of nitrogens with zero attached hydrogens (tertiary/aromatic N) is 1. The predicted molar refractivity (Wildman–Crippen MR) is 50.7 cm³/mol. The number of fused-ring (bicyclic) bond motifs is 1. The van der Waals surface area contributed by atoms with E-state index in [0.717, 1.165) is 5.52 Å².